The van der Waals surface area contributed by atoms with Gasteiger partial charge in [-0.3, -0.25) is 9.89 Å². The smallest absolute Gasteiger partial charge is 0.293 e. The minimum atomic E-state index is -0.0604. The molecular formula is C14H13N5O3. The lowest BCUT2D eigenvalue weighted by atomic mass is 10.1. The van der Waals surface area contributed by atoms with Gasteiger partial charge in [0.1, 0.15) is 5.69 Å². The molecule has 112 valence electrons. The number of nitrogens with one attached hydrogen (secondary N) is 1. The van der Waals surface area contributed by atoms with Crippen LogP contribution in [0.5, 0.6) is 0 Å². The standard InChI is InChI=1S/C14H13N5O3/c20-14(10-3-5-15-17-10)19-6-4-9(8-19)12-16-13(22-18-12)11-2-1-7-21-11/h1-3,5,7,9H,4,6,8H2,(H,15,17)/t9-/m0/s1. The average molecular weight is 299 g/mol. The van der Waals surface area contributed by atoms with Crippen molar-refractivity contribution in [1.82, 2.24) is 25.2 Å². The molecule has 0 aliphatic carbocycles. The van der Waals surface area contributed by atoms with Crippen LogP contribution in [-0.2, 0) is 0 Å². The number of H-pyrrole nitrogens is 1. The number of amides is 1. The van der Waals surface area contributed by atoms with Crippen molar-refractivity contribution in [3.63, 3.8) is 0 Å². The zero-order valence-corrected chi connectivity index (χ0v) is 11.6. The van der Waals surface area contributed by atoms with Crippen molar-refractivity contribution in [2.24, 2.45) is 0 Å². The maximum absolute atomic E-state index is 12.3. The lowest BCUT2D eigenvalue weighted by Gasteiger charge is -2.14. The van der Waals surface area contributed by atoms with Crippen molar-refractivity contribution >= 4 is 5.91 Å². The Bertz CT molecular complexity index is 762. The van der Waals surface area contributed by atoms with Crippen LogP contribution in [0.15, 0.2) is 39.6 Å². The van der Waals surface area contributed by atoms with Crippen molar-refractivity contribution in [1.29, 1.82) is 0 Å². The van der Waals surface area contributed by atoms with E-state index in [9.17, 15) is 4.79 Å². The summed E-state index contributed by atoms with van der Waals surface area (Å²) in [6.45, 7) is 1.22. The molecule has 8 heteroatoms. The van der Waals surface area contributed by atoms with Crippen molar-refractivity contribution in [3.8, 4) is 11.7 Å². The predicted molar refractivity (Wildman–Crippen MR) is 73.8 cm³/mol. The third-order valence-electron chi connectivity index (χ3n) is 3.75. The van der Waals surface area contributed by atoms with E-state index in [4.69, 9.17) is 8.94 Å². The molecule has 0 unspecified atom stereocenters. The number of furan rings is 1. The molecule has 1 amide bonds. The molecule has 3 aromatic rings. The maximum Gasteiger partial charge on any atom is 0.293 e. The van der Waals surface area contributed by atoms with Crippen molar-refractivity contribution < 1.29 is 13.7 Å². The number of carbonyl (C=O) groups excluding carboxylic acids is 1. The summed E-state index contributed by atoms with van der Waals surface area (Å²) in [5.74, 6) is 1.51. The second-order valence-electron chi connectivity index (χ2n) is 5.14. The highest BCUT2D eigenvalue weighted by Gasteiger charge is 2.31. The van der Waals surface area contributed by atoms with Crippen LogP contribution in [0.2, 0.25) is 0 Å². The van der Waals surface area contributed by atoms with Crippen molar-refractivity contribution in [2.45, 2.75) is 12.3 Å². The molecule has 0 saturated carbocycles. The minimum absolute atomic E-state index is 0.0604. The van der Waals surface area contributed by atoms with Crippen molar-refractivity contribution in [3.05, 3.63) is 42.2 Å². The van der Waals surface area contributed by atoms with Crippen LogP contribution < -0.4 is 0 Å². The van der Waals surface area contributed by atoms with Gasteiger partial charge >= 0.3 is 0 Å². The molecular weight excluding hydrogens is 286 g/mol. The molecule has 0 radical (unpaired) electrons. The van der Waals surface area contributed by atoms with Crippen LogP contribution in [0, 0.1) is 0 Å². The summed E-state index contributed by atoms with van der Waals surface area (Å²) in [6, 6.07) is 5.19. The van der Waals surface area contributed by atoms with Gasteiger partial charge in [-0.05, 0) is 24.6 Å². The summed E-state index contributed by atoms with van der Waals surface area (Å²) >= 11 is 0. The highest BCUT2D eigenvalue weighted by atomic mass is 16.5. The largest absolute Gasteiger partial charge is 0.459 e. The zero-order chi connectivity index (χ0) is 14.9. The lowest BCUT2D eigenvalue weighted by Crippen LogP contribution is -2.28. The highest BCUT2D eigenvalue weighted by molar-refractivity contribution is 5.92. The molecule has 4 heterocycles. The van der Waals surface area contributed by atoms with Crippen LogP contribution in [-0.4, -0.2) is 44.2 Å². The minimum Gasteiger partial charge on any atom is -0.459 e. The quantitative estimate of drug-likeness (QED) is 0.789. The molecule has 8 nitrogen and oxygen atoms in total. The Morgan fingerprint density at radius 2 is 2.36 bits per heavy atom. The number of nitrogens with zero attached hydrogens (tertiary/aromatic N) is 4. The SMILES string of the molecule is O=C(c1ccn[nH]1)N1CC[C@H](c2noc(-c3ccco3)n2)C1. The van der Waals surface area contributed by atoms with Crippen LogP contribution in [0.4, 0.5) is 0 Å². The van der Waals surface area contributed by atoms with Gasteiger partial charge in [0.05, 0.1) is 6.26 Å². The Hall–Kier alpha value is -2.90. The summed E-state index contributed by atoms with van der Waals surface area (Å²) in [5, 5.41) is 10.5. The molecule has 1 N–H and O–H groups in total. The molecule has 1 saturated heterocycles. The van der Waals surface area contributed by atoms with E-state index in [0.29, 0.717) is 36.3 Å². The van der Waals surface area contributed by atoms with Gasteiger partial charge in [0.2, 0.25) is 0 Å². The first kappa shape index (κ1) is 12.8. The normalized spacial score (nSPS) is 18.0. The lowest BCUT2D eigenvalue weighted by molar-refractivity contribution is 0.0784. The van der Waals surface area contributed by atoms with Gasteiger partial charge in [0, 0.05) is 25.2 Å². The predicted octanol–water partition coefficient (Wildman–Crippen LogP) is 1.68. The van der Waals surface area contributed by atoms with E-state index < -0.39 is 0 Å². The molecule has 0 bridgehead atoms. The summed E-state index contributed by atoms with van der Waals surface area (Å²) in [5.41, 5.74) is 0.491. The second-order valence-corrected chi connectivity index (χ2v) is 5.14. The summed E-state index contributed by atoms with van der Waals surface area (Å²) in [7, 11) is 0. The van der Waals surface area contributed by atoms with E-state index >= 15 is 0 Å². The van der Waals surface area contributed by atoms with Crippen LogP contribution in [0.1, 0.15) is 28.7 Å². The second kappa shape index (κ2) is 5.14. The van der Waals surface area contributed by atoms with E-state index in [2.05, 4.69) is 20.3 Å². The summed E-state index contributed by atoms with van der Waals surface area (Å²) in [6.07, 6.45) is 3.92. The number of likely N-dealkylation sites (tertiary alicyclic amines) is 1. The van der Waals surface area contributed by atoms with Gasteiger partial charge in [0.15, 0.2) is 11.6 Å². The molecule has 0 spiro atoms. The Balaban J connectivity index is 1.48. The number of aromatic nitrogens is 4. The average Bonchev–Trinajstić information content (AvgIpc) is 3.35. The number of carbonyl (C=O) groups is 1. The molecule has 0 aromatic carbocycles. The zero-order valence-electron chi connectivity index (χ0n) is 11.6. The Morgan fingerprint density at radius 3 is 3.14 bits per heavy atom. The first-order valence-electron chi connectivity index (χ1n) is 6.97. The third-order valence-corrected chi connectivity index (χ3v) is 3.75. The Labute approximate surface area is 125 Å². The number of aromatic amines is 1. The molecule has 1 aliphatic rings. The fourth-order valence-corrected chi connectivity index (χ4v) is 2.60. The molecule has 22 heavy (non-hydrogen) atoms. The third kappa shape index (κ3) is 2.18. The van der Waals surface area contributed by atoms with E-state index in [1.54, 1.807) is 35.6 Å². The Morgan fingerprint density at radius 1 is 1.41 bits per heavy atom. The van der Waals surface area contributed by atoms with Crippen LogP contribution in [0.25, 0.3) is 11.7 Å². The topological polar surface area (TPSA) is 101 Å². The van der Waals surface area contributed by atoms with Gasteiger partial charge < -0.3 is 13.8 Å². The molecule has 1 fully saturated rings. The van der Waals surface area contributed by atoms with Gasteiger partial charge in [-0.25, -0.2) is 0 Å². The van der Waals surface area contributed by atoms with Crippen molar-refractivity contribution in [2.75, 3.05) is 13.1 Å². The first-order valence-corrected chi connectivity index (χ1v) is 6.97. The van der Waals surface area contributed by atoms with E-state index in [1.807, 2.05) is 0 Å². The van der Waals surface area contributed by atoms with Gasteiger partial charge in [0.25, 0.3) is 11.8 Å². The molecule has 3 aromatic heterocycles. The fraction of sp³-hybridized carbons (Fsp3) is 0.286. The maximum atomic E-state index is 12.3. The van der Waals surface area contributed by atoms with Gasteiger partial charge in [-0.2, -0.15) is 10.1 Å². The summed E-state index contributed by atoms with van der Waals surface area (Å²) in [4.78, 5) is 18.4. The number of hydrogen-bond donors (Lipinski definition) is 1. The van der Waals surface area contributed by atoms with Gasteiger partial charge in [-0.15, -0.1) is 0 Å². The van der Waals surface area contributed by atoms with E-state index in [-0.39, 0.29) is 11.8 Å². The number of rotatable bonds is 3. The van der Waals surface area contributed by atoms with Crippen LogP contribution >= 0.6 is 0 Å². The fourth-order valence-electron chi connectivity index (χ4n) is 2.60. The van der Waals surface area contributed by atoms with E-state index in [1.165, 1.54) is 0 Å². The monoisotopic (exact) mass is 299 g/mol. The molecule has 4 rings (SSSR count). The van der Waals surface area contributed by atoms with E-state index in [0.717, 1.165) is 6.42 Å². The first-order chi connectivity index (χ1) is 10.8. The summed E-state index contributed by atoms with van der Waals surface area (Å²) < 4.78 is 10.4. The van der Waals surface area contributed by atoms with Gasteiger partial charge in [-0.1, -0.05) is 5.16 Å². The van der Waals surface area contributed by atoms with Crippen LogP contribution in [0.3, 0.4) is 0 Å². The molecule has 1 aliphatic heterocycles. The highest BCUT2D eigenvalue weighted by Crippen LogP contribution is 2.28. The molecule has 1 atom stereocenters. The number of hydrogen-bond acceptors (Lipinski definition) is 6. The Kier molecular flexibility index (Phi) is 2.99.